The van der Waals surface area contributed by atoms with E-state index in [0.29, 0.717) is 11.4 Å². The van der Waals surface area contributed by atoms with Gasteiger partial charge in [0.15, 0.2) is 12.2 Å². The lowest BCUT2D eigenvalue weighted by Gasteiger charge is -2.40. The largest absolute Gasteiger partial charge is 0.479 e. The van der Waals surface area contributed by atoms with Crippen LogP contribution in [-0.4, -0.2) is 70.9 Å². The normalized spacial score (nSPS) is 19.2. The molecule has 0 bridgehead atoms. The van der Waals surface area contributed by atoms with Gasteiger partial charge in [-0.1, -0.05) is 72.8 Å². The highest BCUT2D eigenvalue weighted by atomic mass is 16.6. The van der Waals surface area contributed by atoms with E-state index in [1.165, 1.54) is 27.9 Å². The van der Waals surface area contributed by atoms with E-state index in [1.807, 2.05) is 67.6 Å². The van der Waals surface area contributed by atoms with Crippen LogP contribution in [-0.2, 0) is 42.9 Å². The molecule has 2 heterocycles. The van der Waals surface area contributed by atoms with E-state index in [9.17, 15) is 19.2 Å². The zero-order valence-corrected chi connectivity index (χ0v) is 24.5. The fourth-order valence-electron chi connectivity index (χ4n) is 4.98. The fourth-order valence-corrected chi connectivity index (χ4v) is 4.98. The monoisotopic (exact) mass is 591 g/mol. The Kier molecular flexibility index (Phi) is 9.91. The van der Waals surface area contributed by atoms with E-state index in [4.69, 9.17) is 23.7 Å². The number of carbonyl (C=O) groups excluding carboxylic acids is 4. The number of hydrogen-bond donors (Lipinski definition) is 0. The molecular weight excluding hydrogens is 558 g/mol. The summed E-state index contributed by atoms with van der Waals surface area (Å²) in [6, 6.07) is 18.4. The molecule has 1 unspecified atom stereocenters. The zero-order valence-electron chi connectivity index (χ0n) is 24.5. The van der Waals surface area contributed by atoms with Crippen molar-refractivity contribution >= 4 is 23.9 Å². The molecule has 1 aliphatic heterocycles. The van der Waals surface area contributed by atoms with E-state index < -0.39 is 60.8 Å². The molecule has 0 radical (unpaired) electrons. The van der Waals surface area contributed by atoms with Crippen molar-refractivity contribution in [2.24, 2.45) is 5.92 Å². The van der Waals surface area contributed by atoms with Crippen LogP contribution in [0, 0.1) is 5.92 Å². The Labute approximate surface area is 248 Å². The highest BCUT2D eigenvalue weighted by Gasteiger charge is 2.47. The van der Waals surface area contributed by atoms with Crippen molar-refractivity contribution in [3.63, 3.8) is 0 Å². The molecule has 1 aromatic heterocycles. The summed E-state index contributed by atoms with van der Waals surface area (Å²) in [6.07, 6.45) is -2.05. The summed E-state index contributed by atoms with van der Waals surface area (Å²) in [7, 11) is 1.21. The second-order valence-corrected chi connectivity index (χ2v) is 9.94. The number of rotatable bonds is 10. The number of aromatic nitrogens is 3. The molecular formula is C31H33N3O9. The molecule has 0 amide bonds. The lowest BCUT2D eigenvalue weighted by Crippen LogP contribution is -2.52. The molecule has 0 saturated heterocycles. The molecule has 0 N–H and O–H groups in total. The van der Waals surface area contributed by atoms with Crippen LogP contribution < -0.4 is 0 Å². The van der Waals surface area contributed by atoms with Crippen LogP contribution in [0.1, 0.15) is 33.7 Å². The molecule has 2 aromatic carbocycles. The molecule has 0 saturated carbocycles. The maximum absolute atomic E-state index is 12.9. The molecule has 12 heteroatoms. The molecule has 12 nitrogen and oxygen atoms in total. The van der Waals surface area contributed by atoms with Gasteiger partial charge in [-0.05, 0) is 6.08 Å². The van der Waals surface area contributed by atoms with Crippen molar-refractivity contribution < 1.29 is 42.9 Å². The molecule has 43 heavy (non-hydrogen) atoms. The van der Waals surface area contributed by atoms with Crippen LogP contribution in [0.2, 0.25) is 0 Å². The van der Waals surface area contributed by atoms with Crippen molar-refractivity contribution in [2.45, 2.75) is 52.0 Å². The van der Waals surface area contributed by atoms with Gasteiger partial charge in [-0.3, -0.25) is 14.4 Å². The van der Waals surface area contributed by atoms with Gasteiger partial charge in [0.1, 0.15) is 18.4 Å². The predicted octanol–water partition coefficient (Wildman–Crippen LogP) is 3.67. The number of allylic oxidation sites excluding steroid dienone is 1. The minimum absolute atomic E-state index is 0.169. The Morgan fingerprint density at radius 1 is 0.884 bits per heavy atom. The number of hydrogen-bond acceptors (Lipinski definition) is 11. The number of nitrogens with zero attached hydrogens (tertiary/aromatic N) is 3. The third-order valence-corrected chi connectivity index (χ3v) is 6.86. The third kappa shape index (κ3) is 7.26. The van der Waals surface area contributed by atoms with Crippen molar-refractivity contribution in [3.8, 4) is 22.5 Å². The summed E-state index contributed by atoms with van der Waals surface area (Å²) in [6.45, 7) is 4.94. The van der Waals surface area contributed by atoms with E-state index in [1.54, 1.807) is 10.8 Å². The van der Waals surface area contributed by atoms with Crippen molar-refractivity contribution in [2.75, 3.05) is 13.7 Å². The Morgan fingerprint density at radius 2 is 1.49 bits per heavy atom. The number of benzene rings is 2. The van der Waals surface area contributed by atoms with Gasteiger partial charge >= 0.3 is 23.9 Å². The third-order valence-electron chi connectivity index (χ3n) is 6.86. The molecule has 0 spiro atoms. The smallest absolute Gasteiger partial charge is 0.373 e. The Morgan fingerprint density at radius 3 is 2.05 bits per heavy atom. The molecule has 0 aliphatic carbocycles. The quantitative estimate of drug-likeness (QED) is 0.251. The number of ether oxygens (including phenoxy) is 5. The molecule has 3 aromatic rings. The average molecular weight is 592 g/mol. The summed E-state index contributed by atoms with van der Waals surface area (Å²) >= 11 is 0. The Hall–Kier alpha value is -5.00. The van der Waals surface area contributed by atoms with Gasteiger partial charge in [0.25, 0.3) is 0 Å². The van der Waals surface area contributed by atoms with Gasteiger partial charge in [0.05, 0.1) is 18.8 Å². The SMILES string of the molecule is COC(=O)C1=C[C@H](n2nnc(-c3ccccc3)c2-c2ccccc2)[C@@H](C)[C@H]([C@H](OC(C)=O)C(COC(C)=O)OC(C)=O)O1. The first kappa shape index (κ1) is 30.9. The molecule has 5 atom stereocenters. The second kappa shape index (κ2) is 13.8. The van der Waals surface area contributed by atoms with Crippen molar-refractivity contribution in [1.29, 1.82) is 0 Å². The topological polar surface area (TPSA) is 145 Å². The van der Waals surface area contributed by atoms with Crippen LogP contribution in [0.5, 0.6) is 0 Å². The Balaban J connectivity index is 1.87. The predicted molar refractivity (Wildman–Crippen MR) is 152 cm³/mol. The van der Waals surface area contributed by atoms with Crippen molar-refractivity contribution in [1.82, 2.24) is 15.0 Å². The standard InChI is InChI=1S/C31H33N3O9/c1-18-24(34-28(23-14-10-7-11-15-23)27(32-33-34)22-12-8-6-9-13-22)16-25(31(38)39-5)43-29(18)30(42-21(4)37)26(41-20(3)36)17-40-19(2)35/h6-16,18,24,26,29-30H,17H2,1-5H3/t18-,24+,26?,29-,30-/m1/s1. The number of esters is 4. The van der Waals surface area contributed by atoms with Gasteiger partial charge in [0, 0.05) is 37.8 Å². The van der Waals surface area contributed by atoms with Crippen LogP contribution in [0.3, 0.4) is 0 Å². The molecule has 4 rings (SSSR count). The average Bonchev–Trinajstić information content (AvgIpc) is 3.43. The van der Waals surface area contributed by atoms with Gasteiger partial charge in [-0.15, -0.1) is 5.10 Å². The first-order valence-corrected chi connectivity index (χ1v) is 13.6. The molecule has 0 fully saturated rings. The van der Waals surface area contributed by atoms with E-state index in [-0.39, 0.29) is 5.76 Å². The van der Waals surface area contributed by atoms with Gasteiger partial charge in [-0.25, -0.2) is 9.48 Å². The lowest BCUT2D eigenvalue weighted by molar-refractivity contribution is -0.190. The van der Waals surface area contributed by atoms with Gasteiger partial charge in [-0.2, -0.15) is 0 Å². The van der Waals surface area contributed by atoms with E-state index in [2.05, 4.69) is 10.3 Å². The summed E-state index contributed by atoms with van der Waals surface area (Å²) in [5.41, 5.74) is 2.93. The van der Waals surface area contributed by atoms with Crippen LogP contribution in [0.4, 0.5) is 0 Å². The van der Waals surface area contributed by atoms with Gasteiger partial charge in [0.2, 0.25) is 5.76 Å². The highest BCUT2D eigenvalue weighted by Crippen LogP contribution is 2.40. The van der Waals surface area contributed by atoms with Gasteiger partial charge < -0.3 is 23.7 Å². The van der Waals surface area contributed by atoms with Crippen molar-refractivity contribution in [3.05, 3.63) is 72.5 Å². The highest BCUT2D eigenvalue weighted by molar-refractivity contribution is 5.86. The summed E-state index contributed by atoms with van der Waals surface area (Å²) in [5, 5.41) is 9.04. The number of methoxy groups -OCH3 is 1. The summed E-state index contributed by atoms with van der Waals surface area (Å²) in [4.78, 5) is 48.8. The van der Waals surface area contributed by atoms with Crippen LogP contribution in [0.25, 0.3) is 22.5 Å². The maximum atomic E-state index is 12.9. The van der Waals surface area contributed by atoms with E-state index >= 15 is 0 Å². The zero-order chi connectivity index (χ0) is 31.1. The fraction of sp³-hybridized carbons (Fsp3) is 0.355. The summed E-state index contributed by atoms with van der Waals surface area (Å²) in [5.74, 6) is -3.56. The second-order valence-electron chi connectivity index (χ2n) is 9.94. The first-order chi connectivity index (χ1) is 20.6. The van der Waals surface area contributed by atoms with Crippen LogP contribution in [0.15, 0.2) is 72.5 Å². The van der Waals surface area contributed by atoms with E-state index in [0.717, 1.165) is 11.1 Å². The van der Waals surface area contributed by atoms with Crippen LogP contribution >= 0.6 is 0 Å². The molecule has 1 aliphatic rings. The summed E-state index contributed by atoms with van der Waals surface area (Å²) < 4.78 is 28.9. The minimum atomic E-state index is -1.29. The number of carbonyl (C=O) groups is 4. The first-order valence-electron chi connectivity index (χ1n) is 13.6. The maximum Gasteiger partial charge on any atom is 0.373 e. The minimum Gasteiger partial charge on any atom is -0.479 e. The Bertz CT molecular complexity index is 1490. The lowest BCUT2D eigenvalue weighted by atomic mass is 9.86. The molecule has 226 valence electrons.